The van der Waals surface area contributed by atoms with Crippen molar-refractivity contribution in [3.05, 3.63) is 246 Å². The number of fused-ring (bicyclic) bond motifs is 2. The van der Waals surface area contributed by atoms with Gasteiger partial charge < -0.3 is 13.7 Å². The molecule has 288 valence electrons. The van der Waals surface area contributed by atoms with Gasteiger partial charge in [-0.2, -0.15) is 0 Å². The van der Waals surface area contributed by atoms with Crippen LogP contribution < -0.4 is 31.8 Å². The first-order valence-electron chi connectivity index (χ1n) is 19.6. The lowest BCUT2D eigenvalue weighted by atomic mass is 10.1. The highest BCUT2D eigenvalue weighted by molar-refractivity contribution is 7.88. The highest BCUT2D eigenvalue weighted by atomic mass is 31.2. The molecule has 0 saturated carbocycles. The van der Waals surface area contributed by atoms with Crippen molar-refractivity contribution in [2.75, 3.05) is 0 Å². The van der Waals surface area contributed by atoms with E-state index in [2.05, 4.69) is 18.4 Å². The Hall–Kier alpha value is -6.03. The average Bonchev–Trinajstić information content (AvgIpc) is 3.67. The summed E-state index contributed by atoms with van der Waals surface area (Å²) in [6.45, 7) is 5.97. The Kier molecular flexibility index (Phi) is 11.5. The third kappa shape index (κ3) is 7.02. The molecule has 0 aliphatic heterocycles. The lowest BCUT2D eigenvalue weighted by Crippen LogP contribution is -2.29. The first-order chi connectivity index (χ1) is 28.9. The number of hydrogen-bond acceptors (Lipinski definition) is 3. The van der Waals surface area contributed by atoms with E-state index in [4.69, 9.17) is 0 Å². The quantitative estimate of drug-likeness (QED) is 0.0743. The van der Waals surface area contributed by atoms with Gasteiger partial charge in [-0.05, 0) is 54.3 Å². The molecule has 6 aromatic carbocycles. The van der Waals surface area contributed by atoms with Gasteiger partial charge in [-0.25, -0.2) is 0 Å². The van der Waals surface area contributed by atoms with Crippen LogP contribution in [0.3, 0.4) is 0 Å². The third-order valence-electron chi connectivity index (χ3n) is 10.9. The van der Waals surface area contributed by atoms with Crippen LogP contribution in [0.5, 0.6) is 0 Å². The number of rotatable bonds is 11. The van der Waals surface area contributed by atoms with Crippen LogP contribution in [0.25, 0.3) is 22.8 Å². The zero-order valence-corrected chi connectivity index (χ0v) is 35.4. The molecule has 0 heterocycles. The summed E-state index contributed by atoms with van der Waals surface area (Å²) in [5.41, 5.74) is 6.20. The number of allylic oxidation sites excluding steroid dienone is 9. The fraction of sp³-hybridized carbons (Fsp3) is 0.0377. The van der Waals surface area contributed by atoms with E-state index in [0.29, 0.717) is 54.7 Å². The number of benzene rings is 6. The minimum absolute atomic E-state index is 0.388. The molecule has 1 unspecified atom stereocenters. The van der Waals surface area contributed by atoms with Crippen molar-refractivity contribution in [2.45, 2.75) is 13.3 Å². The van der Waals surface area contributed by atoms with Crippen LogP contribution in [0, 0.1) is 0 Å². The van der Waals surface area contributed by atoms with Gasteiger partial charge in [-0.1, -0.05) is 201 Å². The van der Waals surface area contributed by atoms with E-state index in [1.54, 1.807) is 6.08 Å². The molecule has 0 aromatic heterocycles. The highest BCUT2D eigenvalue weighted by Gasteiger charge is 2.42. The minimum Gasteiger partial charge on any atom is -0.309 e. The Morgan fingerprint density at radius 3 is 1.58 bits per heavy atom. The molecule has 1 atom stereocenters. The first-order valence-corrected chi connectivity index (χ1v) is 24.8. The molecule has 0 amide bonds. The van der Waals surface area contributed by atoms with Crippen LogP contribution in [0.4, 0.5) is 0 Å². The molecule has 0 bridgehead atoms. The third-order valence-corrected chi connectivity index (χ3v) is 20.3. The van der Waals surface area contributed by atoms with Gasteiger partial charge in [0.05, 0.1) is 0 Å². The van der Waals surface area contributed by atoms with Gasteiger partial charge in [-0.3, -0.25) is 0 Å². The largest absolute Gasteiger partial charge is 0.309 e. The van der Waals surface area contributed by atoms with Gasteiger partial charge in [0.1, 0.15) is 0 Å². The molecule has 2 aliphatic carbocycles. The van der Waals surface area contributed by atoms with E-state index >= 15 is 13.7 Å². The second-order valence-corrected chi connectivity index (χ2v) is 22.4. The zero-order valence-electron chi connectivity index (χ0n) is 32.8. The van der Waals surface area contributed by atoms with Gasteiger partial charge in [0.2, 0.25) is 0 Å². The Balaban J connectivity index is 1.41. The van der Waals surface area contributed by atoms with Crippen LogP contribution >= 0.6 is 21.4 Å². The summed E-state index contributed by atoms with van der Waals surface area (Å²) in [4.78, 5) is 0. The van der Waals surface area contributed by atoms with Gasteiger partial charge in [0, 0.05) is 53.3 Å². The van der Waals surface area contributed by atoms with Crippen molar-refractivity contribution in [3.63, 3.8) is 0 Å². The summed E-state index contributed by atoms with van der Waals surface area (Å²) in [5, 5.41) is 6.03. The SMILES string of the molecule is C=C/C=C(\C=C/C)P(=O)(C1=CCC=C(P(=O)(c2ccccc2)c2ccccc2)c2ccccc21)c1ccc(P(=O)(c2ccccc2)c2ccccc2)c2c1C=CC=C=C2. The number of hydrogen-bond donors (Lipinski definition) is 0. The second-order valence-electron chi connectivity index (χ2n) is 14.2. The van der Waals surface area contributed by atoms with Crippen molar-refractivity contribution in [3.8, 4) is 0 Å². The first kappa shape index (κ1) is 39.8. The van der Waals surface area contributed by atoms with Gasteiger partial charge in [0.15, 0.2) is 21.4 Å². The molecule has 0 N–H and O–H groups in total. The molecule has 8 rings (SSSR count). The Labute approximate surface area is 347 Å². The second kappa shape index (κ2) is 17.1. The van der Waals surface area contributed by atoms with E-state index in [0.717, 1.165) is 21.7 Å². The van der Waals surface area contributed by atoms with Crippen LogP contribution in [0.15, 0.2) is 224 Å². The van der Waals surface area contributed by atoms with Gasteiger partial charge in [0.25, 0.3) is 0 Å². The summed E-state index contributed by atoms with van der Waals surface area (Å²) in [6, 6.07) is 50.3. The van der Waals surface area contributed by atoms with Crippen LogP contribution in [0.1, 0.15) is 35.6 Å². The van der Waals surface area contributed by atoms with Crippen molar-refractivity contribution in [1.29, 1.82) is 0 Å². The Morgan fingerprint density at radius 1 is 0.576 bits per heavy atom. The van der Waals surface area contributed by atoms with E-state index in [1.165, 1.54) is 0 Å². The molecule has 0 fully saturated rings. The highest BCUT2D eigenvalue weighted by Crippen LogP contribution is 2.68. The average molecular weight is 821 g/mol. The molecule has 6 heteroatoms. The van der Waals surface area contributed by atoms with Crippen LogP contribution in [-0.2, 0) is 13.7 Å². The van der Waals surface area contributed by atoms with Crippen LogP contribution in [-0.4, -0.2) is 0 Å². The molecule has 0 saturated heterocycles. The molecule has 0 radical (unpaired) electrons. The smallest absolute Gasteiger partial charge is 0.171 e. The predicted molar refractivity (Wildman–Crippen MR) is 255 cm³/mol. The van der Waals surface area contributed by atoms with Crippen molar-refractivity contribution in [1.82, 2.24) is 0 Å². The molecular weight excluding hydrogens is 778 g/mol. The maximum absolute atomic E-state index is 17.1. The predicted octanol–water partition coefficient (Wildman–Crippen LogP) is 12.0. The molecule has 2 aliphatic rings. The summed E-state index contributed by atoms with van der Waals surface area (Å²) in [5.74, 6) is 0. The Morgan fingerprint density at radius 2 is 1.05 bits per heavy atom. The molecule has 0 spiro atoms. The van der Waals surface area contributed by atoms with Gasteiger partial charge in [-0.15, -0.1) is 5.73 Å². The molecule has 6 aromatic rings. The monoisotopic (exact) mass is 820 g/mol. The fourth-order valence-electron chi connectivity index (χ4n) is 8.22. The normalized spacial score (nSPS) is 15.0. The lowest BCUT2D eigenvalue weighted by molar-refractivity contribution is 0.590. The maximum Gasteiger partial charge on any atom is 0.171 e. The summed E-state index contributed by atoms with van der Waals surface area (Å²) < 4.78 is 49.0. The van der Waals surface area contributed by atoms with Crippen LogP contribution in [0.2, 0.25) is 0 Å². The standard InChI is InChI=1S/C53H43O3P3/c1-3-23-41(24-4-2)59(56,51-38-22-37-50(46-35-20-21-36-47(46)51)57(54,42-25-10-5-11-26-42)43-27-12-6-13-28-43)53-40-39-52(48-33-18-9-19-34-49(48)53)58(55,44-29-14-7-15-30-44)45-31-16-8-17-32-45/h3-17,19-21,23-40H,1,22H2,2H3/b24-4-,41-23+. The minimum atomic E-state index is -3.83. The maximum atomic E-state index is 17.1. The zero-order chi connectivity index (χ0) is 40.9. The topological polar surface area (TPSA) is 51.2 Å². The van der Waals surface area contributed by atoms with E-state index < -0.39 is 21.4 Å². The summed E-state index contributed by atoms with van der Waals surface area (Å²) in [7, 11) is -10.7. The van der Waals surface area contributed by atoms with Crippen molar-refractivity contribution >= 4 is 76.0 Å². The Bertz CT molecular complexity index is 2840. The van der Waals surface area contributed by atoms with E-state index in [-0.39, 0.29) is 0 Å². The van der Waals surface area contributed by atoms with E-state index in [9.17, 15) is 0 Å². The summed E-state index contributed by atoms with van der Waals surface area (Å²) >= 11 is 0. The van der Waals surface area contributed by atoms with Crippen molar-refractivity contribution in [2.24, 2.45) is 0 Å². The summed E-state index contributed by atoms with van der Waals surface area (Å²) in [6.07, 6.45) is 19.3. The van der Waals surface area contributed by atoms with Crippen molar-refractivity contribution < 1.29 is 13.7 Å². The molecule has 59 heavy (non-hydrogen) atoms. The molecule has 3 nitrogen and oxygen atoms in total. The molecular formula is C53H43O3P3. The van der Waals surface area contributed by atoms with E-state index in [1.807, 2.05) is 213 Å². The lowest BCUT2D eigenvalue weighted by Gasteiger charge is -2.30. The fourth-order valence-corrected chi connectivity index (χ4v) is 17.2. The van der Waals surface area contributed by atoms with Gasteiger partial charge >= 0.3 is 0 Å².